The van der Waals surface area contributed by atoms with E-state index in [-0.39, 0.29) is 5.78 Å². The molecule has 0 radical (unpaired) electrons. The van der Waals surface area contributed by atoms with Gasteiger partial charge in [-0.05, 0) is 43.7 Å². The molecule has 0 N–H and O–H groups in total. The van der Waals surface area contributed by atoms with Crippen LogP contribution in [0.1, 0.15) is 70.9 Å². The summed E-state index contributed by atoms with van der Waals surface area (Å²) >= 11 is 0. The van der Waals surface area contributed by atoms with Crippen molar-refractivity contribution in [3.05, 3.63) is 47.5 Å². The van der Waals surface area contributed by atoms with Crippen LogP contribution in [0.5, 0.6) is 0 Å². The Balaban J connectivity index is 0.000000534. The lowest BCUT2D eigenvalue weighted by molar-refractivity contribution is -0.113. The van der Waals surface area contributed by atoms with E-state index >= 15 is 0 Å². The van der Waals surface area contributed by atoms with E-state index in [1.807, 2.05) is 6.92 Å². The van der Waals surface area contributed by atoms with Crippen LogP contribution in [0.4, 0.5) is 0 Å². The van der Waals surface area contributed by atoms with Crippen LogP contribution in [0.25, 0.3) is 0 Å². The number of hydrogen-bond donors (Lipinski definition) is 0. The molecule has 1 aromatic rings. The molecule has 0 heterocycles. The second-order valence-corrected chi connectivity index (χ2v) is 6.15. The minimum atomic E-state index is 0.0995. The Bertz CT molecular complexity index is 422. The average Bonchev–Trinajstić information content (AvgIpc) is 2.50. The minimum absolute atomic E-state index is 0.0995. The summed E-state index contributed by atoms with van der Waals surface area (Å²) in [6.45, 7) is 13.7. The van der Waals surface area contributed by atoms with E-state index in [1.54, 1.807) is 0 Å². The first-order valence-corrected chi connectivity index (χ1v) is 8.68. The van der Waals surface area contributed by atoms with E-state index in [0.717, 1.165) is 12.3 Å². The highest BCUT2D eigenvalue weighted by atomic mass is 16.1. The zero-order valence-electron chi connectivity index (χ0n) is 15.2. The van der Waals surface area contributed by atoms with Crippen LogP contribution in [0.2, 0.25) is 0 Å². The van der Waals surface area contributed by atoms with Crippen LogP contribution in [0, 0.1) is 12.8 Å². The topological polar surface area (TPSA) is 17.1 Å². The molecule has 0 unspecified atom stereocenters. The van der Waals surface area contributed by atoms with E-state index in [9.17, 15) is 4.79 Å². The number of aryl methyl sites for hydroxylation is 1. The maximum absolute atomic E-state index is 10.3. The van der Waals surface area contributed by atoms with Crippen molar-refractivity contribution in [2.45, 2.75) is 73.1 Å². The quantitative estimate of drug-likeness (QED) is 0.515. The van der Waals surface area contributed by atoms with Gasteiger partial charge in [-0.3, -0.25) is 4.79 Å². The van der Waals surface area contributed by atoms with E-state index in [0.29, 0.717) is 5.57 Å². The lowest BCUT2D eigenvalue weighted by atomic mass is 9.91. The molecule has 0 amide bonds. The molecule has 1 nitrogen and oxygen atoms in total. The van der Waals surface area contributed by atoms with Crippen LogP contribution in [-0.2, 0) is 11.2 Å². The van der Waals surface area contributed by atoms with Crippen LogP contribution in [0.15, 0.2) is 36.4 Å². The summed E-state index contributed by atoms with van der Waals surface area (Å²) in [7, 11) is 0. The molecule has 0 bridgehead atoms. The molecule has 0 spiro atoms. The van der Waals surface area contributed by atoms with Gasteiger partial charge in [-0.25, -0.2) is 0 Å². The zero-order valence-corrected chi connectivity index (χ0v) is 15.2. The van der Waals surface area contributed by atoms with Gasteiger partial charge in [0.25, 0.3) is 0 Å². The smallest absolute Gasteiger partial charge is 0.155 e. The molecule has 1 aromatic carbocycles. The standard InChI is InChI=1S/C15H24.C6H10O/c1-4-6-14(7-5-2)12-15-10-8-13(3)9-11-15;1-4-5(2)6(3)7/h8-11,14H,4-7,12H2,1-3H3;2,4H2,1,3H3. The molecule has 124 valence electrons. The first kappa shape index (κ1) is 20.6. The summed E-state index contributed by atoms with van der Waals surface area (Å²) in [4.78, 5) is 10.3. The number of hydrogen-bond acceptors (Lipinski definition) is 1. The second-order valence-electron chi connectivity index (χ2n) is 6.15. The number of rotatable bonds is 8. The van der Waals surface area contributed by atoms with Crippen molar-refractivity contribution in [3.8, 4) is 0 Å². The minimum Gasteiger partial charge on any atom is -0.295 e. The Labute approximate surface area is 137 Å². The van der Waals surface area contributed by atoms with Crippen molar-refractivity contribution in [1.82, 2.24) is 0 Å². The summed E-state index contributed by atoms with van der Waals surface area (Å²) in [6.07, 6.45) is 7.42. The van der Waals surface area contributed by atoms with E-state index in [2.05, 4.69) is 51.6 Å². The highest BCUT2D eigenvalue weighted by molar-refractivity contribution is 5.92. The third-order valence-corrected chi connectivity index (χ3v) is 3.96. The SMILES string of the molecule is C=C(CC)C(C)=O.CCCC(CCC)Cc1ccc(C)cc1. The maximum atomic E-state index is 10.3. The Morgan fingerprint density at radius 2 is 1.55 bits per heavy atom. The summed E-state index contributed by atoms with van der Waals surface area (Å²) in [6, 6.07) is 9.02. The highest BCUT2D eigenvalue weighted by Gasteiger charge is 2.07. The zero-order chi connectivity index (χ0) is 17.0. The molecule has 0 fully saturated rings. The first-order chi connectivity index (χ1) is 10.4. The third-order valence-electron chi connectivity index (χ3n) is 3.96. The number of allylic oxidation sites excluding steroid dienone is 1. The third kappa shape index (κ3) is 9.55. The molecule has 0 aliphatic rings. The summed E-state index contributed by atoms with van der Waals surface area (Å²) in [5.41, 5.74) is 3.58. The van der Waals surface area contributed by atoms with E-state index in [1.165, 1.54) is 50.2 Å². The summed E-state index contributed by atoms with van der Waals surface area (Å²) in [5.74, 6) is 0.991. The van der Waals surface area contributed by atoms with E-state index in [4.69, 9.17) is 0 Å². The summed E-state index contributed by atoms with van der Waals surface area (Å²) in [5, 5.41) is 0. The molecule has 0 aromatic heterocycles. The monoisotopic (exact) mass is 302 g/mol. The predicted molar refractivity (Wildman–Crippen MR) is 98.3 cm³/mol. The Kier molecular flexibility index (Phi) is 11.4. The van der Waals surface area contributed by atoms with Gasteiger partial charge in [0.1, 0.15) is 0 Å². The number of carbonyl (C=O) groups excluding carboxylic acids is 1. The fourth-order valence-corrected chi connectivity index (χ4v) is 2.47. The van der Waals surface area contributed by atoms with Crippen LogP contribution in [0.3, 0.4) is 0 Å². The normalized spacial score (nSPS) is 10.1. The van der Waals surface area contributed by atoms with Gasteiger partial charge in [-0.15, -0.1) is 0 Å². The van der Waals surface area contributed by atoms with Crippen molar-refractivity contribution in [2.75, 3.05) is 0 Å². The lowest BCUT2D eigenvalue weighted by Crippen LogP contribution is -2.04. The Morgan fingerprint density at radius 1 is 1.05 bits per heavy atom. The number of benzene rings is 1. The number of Topliss-reactive ketones (excluding diaryl/α,β-unsaturated/α-hetero) is 1. The molecule has 1 heteroatoms. The predicted octanol–water partition coefficient (Wildman–Crippen LogP) is 6.30. The Hall–Kier alpha value is -1.37. The van der Waals surface area contributed by atoms with Crippen LogP contribution < -0.4 is 0 Å². The summed E-state index contributed by atoms with van der Waals surface area (Å²) < 4.78 is 0. The van der Waals surface area contributed by atoms with Gasteiger partial charge in [-0.1, -0.05) is 82.9 Å². The molecule has 0 saturated carbocycles. The van der Waals surface area contributed by atoms with Crippen molar-refractivity contribution in [3.63, 3.8) is 0 Å². The molecule has 0 aliphatic carbocycles. The fraction of sp³-hybridized carbons (Fsp3) is 0.571. The van der Waals surface area contributed by atoms with Gasteiger partial charge in [0.05, 0.1) is 0 Å². The molecule has 0 aliphatic heterocycles. The molecular weight excluding hydrogens is 268 g/mol. The van der Waals surface area contributed by atoms with Gasteiger partial charge in [0.15, 0.2) is 5.78 Å². The Morgan fingerprint density at radius 3 is 1.86 bits per heavy atom. The molecule has 22 heavy (non-hydrogen) atoms. The van der Waals surface area contributed by atoms with Gasteiger partial charge >= 0.3 is 0 Å². The van der Waals surface area contributed by atoms with Gasteiger partial charge in [0, 0.05) is 0 Å². The molecule has 1 rings (SSSR count). The molecule has 0 atom stereocenters. The van der Waals surface area contributed by atoms with Gasteiger partial charge in [-0.2, -0.15) is 0 Å². The van der Waals surface area contributed by atoms with Crippen molar-refractivity contribution >= 4 is 5.78 Å². The molecule has 0 saturated heterocycles. The van der Waals surface area contributed by atoms with Gasteiger partial charge < -0.3 is 0 Å². The fourth-order valence-electron chi connectivity index (χ4n) is 2.47. The number of carbonyl (C=O) groups is 1. The van der Waals surface area contributed by atoms with Crippen LogP contribution >= 0.6 is 0 Å². The van der Waals surface area contributed by atoms with E-state index < -0.39 is 0 Å². The second kappa shape index (κ2) is 12.2. The van der Waals surface area contributed by atoms with Crippen molar-refractivity contribution in [1.29, 1.82) is 0 Å². The molecular formula is C21H34O. The van der Waals surface area contributed by atoms with Gasteiger partial charge in [0.2, 0.25) is 0 Å². The van der Waals surface area contributed by atoms with Crippen LogP contribution in [-0.4, -0.2) is 5.78 Å². The highest BCUT2D eigenvalue weighted by Crippen LogP contribution is 2.19. The van der Waals surface area contributed by atoms with Crippen molar-refractivity contribution in [2.24, 2.45) is 5.92 Å². The average molecular weight is 303 g/mol. The maximum Gasteiger partial charge on any atom is 0.155 e. The lowest BCUT2D eigenvalue weighted by Gasteiger charge is -2.15. The number of ketones is 1. The largest absolute Gasteiger partial charge is 0.295 e. The van der Waals surface area contributed by atoms with Crippen molar-refractivity contribution < 1.29 is 4.79 Å². The first-order valence-electron chi connectivity index (χ1n) is 8.68.